The summed E-state index contributed by atoms with van der Waals surface area (Å²) in [5.41, 5.74) is 4.21. The van der Waals surface area contributed by atoms with E-state index >= 15 is 0 Å². The zero-order chi connectivity index (χ0) is 12.4. The topological polar surface area (TPSA) is 24.5 Å². The highest BCUT2D eigenvalue weighted by Crippen LogP contribution is 2.34. The van der Waals surface area contributed by atoms with Crippen molar-refractivity contribution in [2.24, 2.45) is 0 Å². The first kappa shape index (κ1) is 11.8. The van der Waals surface area contributed by atoms with E-state index in [1.807, 2.05) is 0 Å². The molecule has 3 heteroatoms. The molecule has 0 spiro atoms. The molecule has 1 unspecified atom stereocenters. The molecule has 0 radical (unpaired) electrons. The Hall–Kier alpha value is -1.22. The van der Waals surface area contributed by atoms with Crippen LogP contribution in [-0.4, -0.2) is 32.3 Å². The highest BCUT2D eigenvalue weighted by molar-refractivity contribution is 5.75. The second-order valence-corrected chi connectivity index (χ2v) is 5.17. The first-order valence-electron chi connectivity index (χ1n) is 7.10. The van der Waals surface area contributed by atoms with E-state index in [9.17, 15) is 0 Å². The summed E-state index contributed by atoms with van der Waals surface area (Å²) in [6.45, 7) is 6.07. The van der Waals surface area contributed by atoms with Gasteiger partial charge in [-0.15, -0.1) is 0 Å². The van der Waals surface area contributed by atoms with E-state index < -0.39 is 0 Å². The Balaban J connectivity index is 1.95. The fourth-order valence-electron chi connectivity index (χ4n) is 3.04. The number of anilines is 2. The van der Waals surface area contributed by atoms with Gasteiger partial charge in [0.05, 0.1) is 30.6 Å². The maximum Gasteiger partial charge on any atom is 0.0670 e. The fourth-order valence-corrected chi connectivity index (χ4v) is 3.04. The molecule has 1 saturated heterocycles. The molecule has 0 aliphatic carbocycles. The predicted octanol–water partition coefficient (Wildman–Crippen LogP) is 2.66. The molecule has 3 nitrogen and oxygen atoms in total. The van der Waals surface area contributed by atoms with E-state index in [2.05, 4.69) is 35.3 Å². The van der Waals surface area contributed by atoms with Crippen molar-refractivity contribution < 1.29 is 4.74 Å². The molecule has 1 fully saturated rings. The van der Waals surface area contributed by atoms with Crippen LogP contribution in [0.4, 0.5) is 11.4 Å². The summed E-state index contributed by atoms with van der Waals surface area (Å²) in [5.74, 6) is 0. The average Bonchev–Trinajstić information content (AvgIpc) is 2.46. The van der Waals surface area contributed by atoms with Gasteiger partial charge in [0.25, 0.3) is 0 Å². The fraction of sp³-hybridized carbons (Fsp3) is 0.600. The normalized spacial score (nSPS) is 23.4. The minimum Gasteiger partial charge on any atom is -0.383 e. The van der Waals surface area contributed by atoms with Crippen molar-refractivity contribution in [3.8, 4) is 0 Å². The summed E-state index contributed by atoms with van der Waals surface area (Å²) in [5, 5.41) is 3.59. The molecular weight excluding hydrogens is 224 g/mol. The smallest absolute Gasteiger partial charge is 0.0670 e. The van der Waals surface area contributed by atoms with Gasteiger partial charge in [0.2, 0.25) is 0 Å². The quantitative estimate of drug-likeness (QED) is 0.868. The lowest BCUT2D eigenvalue weighted by atomic mass is 10.0. The summed E-state index contributed by atoms with van der Waals surface area (Å²) < 4.78 is 5.61. The molecule has 98 valence electrons. The van der Waals surface area contributed by atoms with E-state index in [0.717, 1.165) is 32.7 Å². The van der Waals surface area contributed by atoms with E-state index in [0.29, 0.717) is 6.04 Å². The van der Waals surface area contributed by atoms with Crippen LogP contribution in [0, 0.1) is 0 Å². The maximum absolute atomic E-state index is 5.61. The number of aryl methyl sites for hydroxylation is 1. The van der Waals surface area contributed by atoms with E-state index in [1.54, 1.807) is 0 Å². The van der Waals surface area contributed by atoms with Crippen LogP contribution in [0.15, 0.2) is 18.2 Å². The van der Waals surface area contributed by atoms with Crippen LogP contribution in [0.2, 0.25) is 0 Å². The zero-order valence-electron chi connectivity index (χ0n) is 11.1. The van der Waals surface area contributed by atoms with Gasteiger partial charge in [0.1, 0.15) is 0 Å². The lowest BCUT2D eigenvalue weighted by molar-refractivity contribution is 0.0930. The second kappa shape index (κ2) is 5.19. The molecule has 1 N–H and O–H groups in total. The number of hydrogen-bond donors (Lipinski definition) is 1. The van der Waals surface area contributed by atoms with Gasteiger partial charge in [0.15, 0.2) is 0 Å². The van der Waals surface area contributed by atoms with Crippen LogP contribution in [0.5, 0.6) is 0 Å². The van der Waals surface area contributed by atoms with Crippen LogP contribution in [0.25, 0.3) is 0 Å². The summed E-state index contributed by atoms with van der Waals surface area (Å²) in [4.78, 5) is 2.53. The lowest BCUT2D eigenvalue weighted by Gasteiger charge is -2.39. The van der Waals surface area contributed by atoms with Crippen molar-refractivity contribution in [2.75, 3.05) is 36.5 Å². The number of morpholine rings is 1. The monoisotopic (exact) mass is 246 g/mol. The first-order valence-corrected chi connectivity index (χ1v) is 7.10. The number of ether oxygens (including phenoxy) is 1. The van der Waals surface area contributed by atoms with Gasteiger partial charge in [-0.3, -0.25) is 0 Å². The molecule has 3 rings (SSSR count). The number of fused-ring (bicyclic) bond motifs is 1. The van der Waals surface area contributed by atoms with Crippen molar-refractivity contribution in [3.05, 3.63) is 23.8 Å². The molecule has 2 aliphatic rings. The first-order chi connectivity index (χ1) is 8.90. The zero-order valence-corrected chi connectivity index (χ0v) is 11.1. The highest BCUT2D eigenvalue weighted by Gasteiger charge is 2.25. The lowest BCUT2D eigenvalue weighted by Crippen LogP contribution is -2.45. The van der Waals surface area contributed by atoms with Crippen LogP contribution >= 0.6 is 0 Å². The van der Waals surface area contributed by atoms with Gasteiger partial charge < -0.3 is 15.0 Å². The number of hydrogen-bond acceptors (Lipinski definition) is 3. The Bertz CT molecular complexity index is 419. The number of benzene rings is 1. The van der Waals surface area contributed by atoms with Crippen LogP contribution < -0.4 is 10.2 Å². The molecule has 0 bridgehead atoms. The molecular formula is C15H22N2O. The van der Waals surface area contributed by atoms with Crippen LogP contribution in [0.3, 0.4) is 0 Å². The molecule has 1 aromatic carbocycles. The van der Waals surface area contributed by atoms with Crippen molar-refractivity contribution in [1.82, 2.24) is 0 Å². The summed E-state index contributed by atoms with van der Waals surface area (Å²) >= 11 is 0. The molecule has 0 aromatic heterocycles. The average molecular weight is 246 g/mol. The Morgan fingerprint density at radius 2 is 2.39 bits per heavy atom. The molecule has 1 atom stereocenters. The van der Waals surface area contributed by atoms with Crippen molar-refractivity contribution in [3.63, 3.8) is 0 Å². The van der Waals surface area contributed by atoms with Crippen molar-refractivity contribution in [1.29, 1.82) is 0 Å². The molecule has 18 heavy (non-hydrogen) atoms. The third kappa shape index (κ3) is 2.07. The van der Waals surface area contributed by atoms with Crippen LogP contribution in [0.1, 0.15) is 25.3 Å². The van der Waals surface area contributed by atoms with E-state index in [-0.39, 0.29) is 0 Å². The highest BCUT2D eigenvalue weighted by atomic mass is 16.5. The molecule has 0 amide bonds. The van der Waals surface area contributed by atoms with Gasteiger partial charge in [-0.1, -0.05) is 19.1 Å². The molecule has 2 heterocycles. The van der Waals surface area contributed by atoms with Crippen molar-refractivity contribution >= 4 is 11.4 Å². The maximum atomic E-state index is 5.61. The van der Waals surface area contributed by atoms with Gasteiger partial charge in [-0.05, 0) is 30.9 Å². The SMILES string of the molecule is CCC1COCCN1c1cccc2c1NCCC2. The number of para-hydroxylation sites is 1. The van der Waals surface area contributed by atoms with Gasteiger partial charge in [-0.25, -0.2) is 0 Å². The minimum absolute atomic E-state index is 0.522. The number of rotatable bonds is 2. The van der Waals surface area contributed by atoms with Crippen molar-refractivity contribution in [2.45, 2.75) is 32.2 Å². The number of nitrogens with zero attached hydrogens (tertiary/aromatic N) is 1. The molecule has 2 aliphatic heterocycles. The third-order valence-corrected chi connectivity index (χ3v) is 4.06. The molecule has 0 saturated carbocycles. The summed E-state index contributed by atoms with van der Waals surface area (Å²) in [6, 6.07) is 7.23. The largest absolute Gasteiger partial charge is 0.383 e. The second-order valence-electron chi connectivity index (χ2n) is 5.17. The molecule has 1 aromatic rings. The van der Waals surface area contributed by atoms with E-state index in [4.69, 9.17) is 4.74 Å². The third-order valence-electron chi connectivity index (χ3n) is 4.06. The Morgan fingerprint density at radius 1 is 1.44 bits per heavy atom. The standard InChI is InChI=1S/C15H22N2O/c1-2-13-11-18-10-9-17(13)14-7-3-5-12-6-4-8-16-15(12)14/h3,5,7,13,16H,2,4,6,8-11H2,1H3. The Morgan fingerprint density at radius 3 is 3.28 bits per heavy atom. The Labute approximate surface area is 109 Å². The Kier molecular flexibility index (Phi) is 3.41. The number of nitrogens with one attached hydrogen (secondary N) is 1. The summed E-state index contributed by atoms with van der Waals surface area (Å²) in [6.07, 6.45) is 3.59. The minimum atomic E-state index is 0.522. The predicted molar refractivity (Wildman–Crippen MR) is 75.5 cm³/mol. The van der Waals surface area contributed by atoms with Crippen LogP contribution in [-0.2, 0) is 11.2 Å². The van der Waals surface area contributed by atoms with Gasteiger partial charge in [-0.2, -0.15) is 0 Å². The van der Waals surface area contributed by atoms with Gasteiger partial charge in [0, 0.05) is 13.1 Å². The van der Waals surface area contributed by atoms with Gasteiger partial charge >= 0.3 is 0 Å². The summed E-state index contributed by atoms with van der Waals surface area (Å²) in [7, 11) is 0. The van der Waals surface area contributed by atoms with E-state index in [1.165, 1.54) is 29.8 Å².